The SMILES string of the molecule is O=C(CC[C@H](NC(=O)CC[C@H](NC(=O)OCc1ccccc1)C(=O)NCCOCCO)C(=O)NCCOCCO)NCCOCCO. The van der Waals surface area contributed by atoms with Crippen molar-refractivity contribution >= 4 is 29.7 Å². The number of rotatable bonds is 27. The minimum Gasteiger partial charge on any atom is -0.445 e. The van der Waals surface area contributed by atoms with Crippen molar-refractivity contribution in [1.29, 1.82) is 0 Å². The highest BCUT2D eigenvalue weighted by molar-refractivity contribution is 5.89. The van der Waals surface area contributed by atoms with Crippen molar-refractivity contribution in [3.63, 3.8) is 0 Å². The Morgan fingerprint density at radius 3 is 1.57 bits per heavy atom. The summed E-state index contributed by atoms with van der Waals surface area (Å²) in [6.07, 6.45) is -1.43. The van der Waals surface area contributed by atoms with E-state index in [1.807, 2.05) is 6.07 Å². The number of amides is 5. The monoisotopic (exact) mass is 671 g/mol. The van der Waals surface area contributed by atoms with Crippen LogP contribution in [0.15, 0.2) is 30.3 Å². The molecule has 8 N–H and O–H groups in total. The van der Waals surface area contributed by atoms with E-state index in [0.29, 0.717) is 0 Å². The summed E-state index contributed by atoms with van der Waals surface area (Å²) < 4.78 is 20.6. The first-order valence-corrected chi connectivity index (χ1v) is 15.4. The first-order chi connectivity index (χ1) is 22.8. The largest absolute Gasteiger partial charge is 0.445 e. The number of nitrogens with one attached hydrogen (secondary N) is 5. The molecule has 0 aliphatic heterocycles. The van der Waals surface area contributed by atoms with Crippen molar-refractivity contribution in [2.75, 3.05) is 79.1 Å². The first kappa shape index (κ1) is 41.2. The zero-order valence-corrected chi connectivity index (χ0v) is 26.6. The normalized spacial score (nSPS) is 12.0. The van der Waals surface area contributed by atoms with Gasteiger partial charge in [-0.2, -0.15) is 0 Å². The van der Waals surface area contributed by atoms with Crippen molar-refractivity contribution in [2.24, 2.45) is 0 Å². The van der Waals surface area contributed by atoms with Gasteiger partial charge in [0.25, 0.3) is 0 Å². The summed E-state index contributed by atoms with van der Waals surface area (Å²) in [6, 6.07) is 6.64. The Balaban J connectivity index is 2.78. The van der Waals surface area contributed by atoms with Gasteiger partial charge in [0, 0.05) is 32.5 Å². The Kier molecular flexibility index (Phi) is 23.9. The molecule has 47 heavy (non-hydrogen) atoms. The van der Waals surface area contributed by atoms with E-state index in [2.05, 4.69) is 26.6 Å². The molecule has 0 aromatic heterocycles. The van der Waals surface area contributed by atoms with Gasteiger partial charge in [0.15, 0.2) is 0 Å². The van der Waals surface area contributed by atoms with Crippen molar-refractivity contribution in [3.05, 3.63) is 35.9 Å². The Labute approximate surface area is 274 Å². The number of hydrogen-bond acceptors (Lipinski definition) is 12. The molecule has 1 rings (SSSR count). The summed E-state index contributed by atoms with van der Waals surface area (Å²) in [4.78, 5) is 63.5. The van der Waals surface area contributed by atoms with Crippen molar-refractivity contribution in [3.8, 4) is 0 Å². The molecule has 17 nitrogen and oxygen atoms in total. The minimum absolute atomic E-state index is 0.0401. The highest BCUT2D eigenvalue weighted by atomic mass is 16.5. The molecule has 5 amide bonds. The van der Waals surface area contributed by atoms with E-state index in [4.69, 9.17) is 34.3 Å². The van der Waals surface area contributed by atoms with Gasteiger partial charge in [-0.25, -0.2) is 4.79 Å². The number of alkyl carbamates (subject to hydrolysis) is 1. The van der Waals surface area contributed by atoms with E-state index in [1.54, 1.807) is 24.3 Å². The second kappa shape index (κ2) is 27.3. The van der Waals surface area contributed by atoms with Crippen LogP contribution in [0, 0.1) is 0 Å². The third kappa shape index (κ3) is 21.5. The number of carbonyl (C=O) groups is 5. The standard InChI is InChI=1S/C30H49N5O12/c36-13-19-44-16-10-31-26(39)8-6-24(28(41)32-11-17-45-20-14-37)34-27(40)9-7-25(29(42)33-12-18-46-21-15-38)35-30(43)47-22-23-4-2-1-3-5-23/h1-5,24-25,36-38H,6-22H2,(H,31,39)(H,32,41)(H,33,42)(H,34,40)(H,35,43)/t24-,25-/m0/s1. The van der Waals surface area contributed by atoms with Crippen LogP contribution in [0.25, 0.3) is 0 Å². The number of ether oxygens (including phenoxy) is 4. The van der Waals surface area contributed by atoms with Crippen LogP contribution in [0.1, 0.15) is 31.2 Å². The zero-order chi connectivity index (χ0) is 34.5. The predicted octanol–water partition coefficient (Wildman–Crippen LogP) is -2.30. The second-order valence-corrected chi connectivity index (χ2v) is 9.90. The quantitative estimate of drug-likeness (QED) is 0.0461. The van der Waals surface area contributed by atoms with Gasteiger partial charge in [-0.05, 0) is 18.4 Å². The number of aliphatic hydroxyl groups is 3. The molecule has 0 fully saturated rings. The van der Waals surface area contributed by atoms with Gasteiger partial charge in [0.1, 0.15) is 18.7 Å². The van der Waals surface area contributed by atoms with Crippen LogP contribution in [0.5, 0.6) is 0 Å². The molecule has 266 valence electrons. The first-order valence-electron chi connectivity index (χ1n) is 15.4. The summed E-state index contributed by atoms with van der Waals surface area (Å²) in [5.74, 6) is -2.15. The van der Waals surface area contributed by atoms with Crippen molar-refractivity contribution < 1.29 is 58.2 Å². The molecule has 0 radical (unpaired) electrons. The summed E-state index contributed by atoms with van der Waals surface area (Å²) in [5, 5.41) is 39.3. The minimum atomic E-state index is -1.17. The summed E-state index contributed by atoms with van der Waals surface area (Å²) in [7, 11) is 0. The van der Waals surface area contributed by atoms with Crippen LogP contribution in [-0.2, 0) is 44.7 Å². The molecule has 0 aliphatic carbocycles. The molecule has 2 atom stereocenters. The van der Waals surface area contributed by atoms with Crippen LogP contribution >= 0.6 is 0 Å². The lowest BCUT2D eigenvalue weighted by atomic mass is 10.1. The fraction of sp³-hybridized carbons (Fsp3) is 0.633. The number of benzene rings is 1. The lowest BCUT2D eigenvalue weighted by molar-refractivity contribution is -0.130. The van der Waals surface area contributed by atoms with Gasteiger partial charge in [-0.3, -0.25) is 19.2 Å². The maximum Gasteiger partial charge on any atom is 0.408 e. The third-order valence-corrected chi connectivity index (χ3v) is 6.16. The molecule has 1 aromatic carbocycles. The zero-order valence-electron chi connectivity index (χ0n) is 26.6. The second-order valence-electron chi connectivity index (χ2n) is 9.90. The number of hydrogen-bond donors (Lipinski definition) is 8. The molecular formula is C30H49N5O12. The Bertz CT molecular complexity index is 1030. The smallest absolute Gasteiger partial charge is 0.408 e. The van der Waals surface area contributed by atoms with E-state index in [0.717, 1.165) is 5.56 Å². The maximum absolute atomic E-state index is 12.9. The molecule has 0 aliphatic rings. The Hall–Kier alpha value is -3.87. The molecule has 0 spiro atoms. The van der Waals surface area contributed by atoms with Crippen molar-refractivity contribution in [2.45, 2.75) is 44.4 Å². The molecule has 0 saturated carbocycles. The van der Waals surface area contributed by atoms with Crippen LogP contribution in [0.3, 0.4) is 0 Å². The number of aliphatic hydroxyl groups excluding tert-OH is 3. The van der Waals surface area contributed by atoms with Gasteiger partial charge in [0.2, 0.25) is 23.6 Å². The van der Waals surface area contributed by atoms with Crippen molar-refractivity contribution in [1.82, 2.24) is 26.6 Å². The van der Waals surface area contributed by atoms with E-state index < -0.39 is 35.9 Å². The molecule has 0 heterocycles. The Morgan fingerprint density at radius 1 is 0.596 bits per heavy atom. The third-order valence-electron chi connectivity index (χ3n) is 6.16. The average Bonchev–Trinajstić information content (AvgIpc) is 3.07. The molecule has 17 heteroatoms. The molecular weight excluding hydrogens is 622 g/mol. The molecule has 1 aromatic rings. The summed E-state index contributed by atoms with van der Waals surface area (Å²) in [5.41, 5.74) is 0.733. The number of carbonyl (C=O) groups excluding carboxylic acids is 5. The van der Waals surface area contributed by atoms with Gasteiger partial charge in [-0.1, -0.05) is 30.3 Å². The van der Waals surface area contributed by atoms with E-state index in [9.17, 15) is 24.0 Å². The lowest BCUT2D eigenvalue weighted by Crippen LogP contribution is -2.50. The van der Waals surface area contributed by atoms with Crippen LogP contribution in [-0.4, -0.2) is 136 Å². The summed E-state index contributed by atoms with van der Waals surface area (Å²) in [6.45, 7) is 0.589. The van der Waals surface area contributed by atoms with E-state index in [1.165, 1.54) is 0 Å². The fourth-order valence-electron chi connectivity index (χ4n) is 3.85. The van der Waals surface area contributed by atoms with Crippen LogP contribution < -0.4 is 26.6 Å². The van der Waals surface area contributed by atoms with Crippen LogP contribution in [0.2, 0.25) is 0 Å². The lowest BCUT2D eigenvalue weighted by Gasteiger charge is -2.21. The Morgan fingerprint density at radius 2 is 1.06 bits per heavy atom. The van der Waals surface area contributed by atoms with Gasteiger partial charge in [0.05, 0.1) is 59.5 Å². The molecule has 0 bridgehead atoms. The predicted molar refractivity (Wildman–Crippen MR) is 167 cm³/mol. The summed E-state index contributed by atoms with van der Waals surface area (Å²) >= 11 is 0. The maximum atomic E-state index is 12.9. The van der Waals surface area contributed by atoms with E-state index in [-0.39, 0.29) is 117 Å². The van der Waals surface area contributed by atoms with E-state index >= 15 is 0 Å². The van der Waals surface area contributed by atoms with Gasteiger partial charge >= 0.3 is 6.09 Å². The van der Waals surface area contributed by atoms with Gasteiger partial charge < -0.3 is 60.9 Å². The highest BCUT2D eigenvalue weighted by Gasteiger charge is 2.25. The van der Waals surface area contributed by atoms with Gasteiger partial charge in [-0.15, -0.1) is 0 Å². The highest BCUT2D eigenvalue weighted by Crippen LogP contribution is 2.05. The topological polar surface area (TPSA) is 243 Å². The molecule has 0 unspecified atom stereocenters. The molecule has 0 saturated heterocycles. The van der Waals surface area contributed by atoms with Crippen LogP contribution in [0.4, 0.5) is 4.79 Å². The average molecular weight is 672 g/mol. The fourth-order valence-corrected chi connectivity index (χ4v) is 3.85.